The first-order valence-electron chi connectivity index (χ1n) is 8.07. The fraction of sp³-hybridized carbons (Fsp3) is 0.250. The van der Waals surface area contributed by atoms with E-state index in [1.54, 1.807) is 6.07 Å². The number of hydrogen-bond acceptors (Lipinski definition) is 2. The van der Waals surface area contributed by atoms with Gasteiger partial charge in [0.15, 0.2) is 0 Å². The van der Waals surface area contributed by atoms with Gasteiger partial charge in [0.1, 0.15) is 11.5 Å². The normalized spacial score (nSPS) is 24.1. The number of amides is 1. The molecule has 1 N–H and O–H groups in total. The van der Waals surface area contributed by atoms with Crippen LogP contribution in [0.15, 0.2) is 54.6 Å². The van der Waals surface area contributed by atoms with E-state index in [2.05, 4.69) is 36.2 Å². The van der Waals surface area contributed by atoms with E-state index in [1.807, 2.05) is 30.4 Å². The zero-order valence-electron chi connectivity index (χ0n) is 13.7. The number of anilines is 1. The Hall–Kier alpha value is -2.62. The van der Waals surface area contributed by atoms with Crippen molar-refractivity contribution >= 4 is 17.7 Å². The number of carbonyl (C=O) groups excluding carboxylic acids is 1. The third-order valence-electron chi connectivity index (χ3n) is 5.24. The van der Waals surface area contributed by atoms with Crippen LogP contribution in [-0.4, -0.2) is 18.1 Å². The van der Waals surface area contributed by atoms with Crippen molar-refractivity contribution < 1.29 is 9.18 Å². The standard InChI is InChI=1S/C20H19FN2O/c1-19(2)16-8-3-4-9-17(16)23-13-18(24)22-20(19,23)11-10-14-6-5-7-15(21)12-14/h3-12H,13H2,1-2H3,(H,22,24). The fourth-order valence-electron chi connectivity index (χ4n) is 3.97. The molecule has 1 amide bonds. The molecule has 4 heteroatoms. The predicted molar refractivity (Wildman–Crippen MR) is 93.1 cm³/mol. The minimum absolute atomic E-state index is 0.00136. The zero-order valence-corrected chi connectivity index (χ0v) is 13.7. The number of nitrogens with zero attached hydrogens (tertiary/aromatic N) is 1. The largest absolute Gasteiger partial charge is 0.335 e. The maximum Gasteiger partial charge on any atom is 0.241 e. The van der Waals surface area contributed by atoms with Gasteiger partial charge in [0.25, 0.3) is 0 Å². The Morgan fingerprint density at radius 2 is 1.96 bits per heavy atom. The number of fused-ring (bicyclic) bond motifs is 3. The van der Waals surface area contributed by atoms with Gasteiger partial charge in [0, 0.05) is 11.1 Å². The van der Waals surface area contributed by atoms with Crippen molar-refractivity contribution in [1.29, 1.82) is 0 Å². The molecule has 2 aliphatic heterocycles. The third kappa shape index (κ3) is 1.92. The van der Waals surface area contributed by atoms with E-state index < -0.39 is 5.66 Å². The van der Waals surface area contributed by atoms with Gasteiger partial charge in [-0.25, -0.2) is 4.39 Å². The smallest absolute Gasteiger partial charge is 0.241 e. The number of nitrogens with one attached hydrogen (secondary N) is 1. The quantitative estimate of drug-likeness (QED) is 0.918. The molecule has 2 aromatic carbocycles. The molecule has 0 spiro atoms. The molecule has 122 valence electrons. The van der Waals surface area contributed by atoms with E-state index in [1.165, 1.54) is 17.7 Å². The highest BCUT2D eigenvalue weighted by molar-refractivity contribution is 5.91. The maximum atomic E-state index is 13.4. The highest BCUT2D eigenvalue weighted by Crippen LogP contribution is 2.52. The lowest BCUT2D eigenvalue weighted by Gasteiger charge is -2.40. The molecule has 1 saturated heterocycles. The van der Waals surface area contributed by atoms with Crippen LogP contribution in [0.3, 0.4) is 0 Å². The number of hydrogen-bond donors (Lipinski definition) is 1. The van der Waals surface area contributed by atoms with Crippen molar-refractivity contribution in [2.75, 3.05) is 11.4 Å². The van der Waals surface area contributed by atoms with Gasteiger partial charge in [-0.3, -0.25) is 4.79 Å². The summed E-state index contributed by atoms with van der Waals surface area (Å²) in [5.41, 5.74) is 2.11. The van der Waals surface area contributed by atoms with Crippen molar-refractivity contribution in [3.8, 4) is 0 Å². The van der Waals surface area contributed by atoms with Crippen LogP contribution in [0, 0.1) is 5.82 Å². The lowest BCUT2D eigenvalue weighted by molar-refractivity contribution is -0.118. The summed E-state index contributed by atoms with van der Waals surface area (Å²) in [6.07, 6.45) is 3.88. The van der Waals surface area contributed by atoms with Gasteiger partial charge in [-0.1, -0.05) is 50.3 Å². The number of halogens is 1. The van der Waals surface area contributed by atoms with Crippen molar-refractivity contribution in [2.45, 2.75) is 24.9 Å². The minimum atomic E-state index is -0.639. The molecule has 0 aromatic heterocycles. The molecule has 4 rings (SSSR count). The van der Waals surface area contributed by atoms with E-state index in [0.717, 1.165) is 11.3 Å². The van der Waals surface area contributed by atoms with Gasteiger partial charge >= 0.3 is 0 Å². The molecule has 0 bridgehead atoms. The van der Waals surface area contributed by atoms with E-state index in [0.29, 0.717) is 6.54 Å². The topological polar surface area (TPSA) is 32.3 Å². The highest BCUT2D eigenvalue weighted by Gasteiger charge is 2.59. The highest BCUT2D eigenvalue weighted by atomic mass is 19.1. The van der Waals surface area contributed by atoms with Crippen molar-refractivity contribution in [3.05, 3.63) is 71.6 Å². The van der Waals surface area contributed by atoms with E-state index in [-0.39, 0.29) is 17.1 Å². The van der Waals surface area contributed by atoms with Crippen molar-refractivity contribution in [3.63, 3.8) is 0 Å². The molecule has 2 aliphatic rings. The van der Waals surface area contributed by atoms with Crippen molar-refractivity contribution in [2.24, 2.45) is 0 Å². The lowest BCUT2D eigenvalue weighted by Crippen LogP contribution is -2.58. The first kappa shape index (κ1) is 14.9. The number of benzene rings is 2. The average molecular weight is 322 g/mol. The molecule has 2 aromatic rings. The first-order chi connectivity index (χ1) is 11.4. The summed E-state index contributed by atoms with van der Waals surface area (Å²) in [4.78, 5) is 14.3. The third-order valence-corrected chi connectivity index (χ3v) is 5.24. The Kier molecular flexibility index (Phi) is 3.07. The van der Waals surface area contributed by atoms with Gasteiger partial charge in [-0.05, 0) is 35.4 Å². The summed E-state index contributed by atoms with van der Waals surface area (Å²) in [6.45, 7) is 4.59. The van der Waals surface area contributed by atoms with Gasteiger partial charge in [0.2, 0.25) is 5.91 Å². The second-order valence-corrected chi connectivity index (χ2v) is 6.93. The Bertz CT molecular complexity index is 858. The Balaban J connectivity index is 1.84. The van der Waals surface area contributed by atoms with Gasteiger partial charge in [0.05, 0.1) is 6.54 Å². The Morgan fingerprint density at radius 3 is 2.75 bits per heavy atom. The minimum Gasteiger partial charge on any atom is -0.335 e. The molecule has 1 atom stereocenters. The Labute approximate surface area is 140 Å². The maximum absolute atomic E-state index is 13.4. The monoisotopic (exact) mass is 322 g/mol. The summed E-state index contributed by atoms with van der Waals surface area (Å²) in [6, 6.07) is 14.6. The Morgan fingerprint density at radius 1 is 1.17 bits per heavy atom. The molecule has 1 unspecified atom stereocenters. The summed E-state index contributed by atoms with van der Waals surface area (Å²) >= 11 is 0. The van der Waals surface area contributed by atoms with Gasteiger partial charge in [-0.2, -0.15) is 0 Å². The molecule has 0 aliphatic carbocycles. The summed E-state index contributed by atoms with van der Waals surface area (Å²) in [5, 5.41) is 3.16. The van der Waals surface area contributed by atoms with Crippen LogP contribution in [0.25, 0.3) is 6.08 Å². The number of carbonyl (C=O) groups is 1. The van der Waals surface area contributed by atoms with Crippen LogP contribution in [0.2, 0.25) is 0 Å². The molecular weight excluding hydrogens is 303 g/mol. The van der Waals surface area contributed by atoms with Crippen LogP contribution < -0.4 is 10.2 Å². The van der Waals surface area contributed by atoms with E-state index in [9.17, 15) is 9.18 Å². The van der Waals surface area contributed by atoms with E-state index in [4.69, 9.17) is 0 Å². The molecular formula is C20H19FN2O. The van der Waals surface area contributed by atoms with Gasteiger partial charge in [-0.15, -0.1) is 0 Å². The van der Waals surface area contributed by atoms with E-state index >= 15 is 0 Å². The van der Waals surface area contributed by atoms with Crippen LogP contribution in [0.5, 0.6) is 0 Å². The SMILES string of the molecule is CC1(C)c2ccccc2N2CC(=O)NC21C=Cc1cccc(F)c1. The fourth-order valence-corrected chi connectivity index (χ4v) is 3.97. The molecule has 0 saturated carbocycles. The van der Waals surface area contributed by atoms with Crippen LogP contribution in [0.4, 0.5) is 10.1 Å². The second kappa shape index (κ2) is 4.94. The van der Waals surface area contributed by atoms with Crippen LogP contribution in [0.1, 0.15) is 25.0 Å². The molecule has 0 radical (unpaired) electrons. The summed E-state index contributed by atoms with van der Waals surface area (Å²) in [5.74, 6) is -0.266. The summed E-state index contributed by atoms with van der Waals surface area (Å²) in [7, 11) is 0. The number of para-hydroxylation sites is 1. The molecule has 3 nitrogen and oxygen atoms in total. The molecule has 1 fully saturated rings. The molecule has 24 heavy (non-hydrogen) atoms. The number of rotatable bonds is 2. The van der Waals surface area contributed by atoms with Crippen LogP contribution in [-0.2, 0) is 10.2 Å². The van der Waals surface area contributed by atoms with Crippen molar-refractivity contribution in [1.82, 2.24) is 5.32 Å². The summed E-state index contributed by atoms with van der Waals surface area (Å²) < 4.78 is 13.4. The first-order valence-corrected chi connectivity index (χ1v) is 8.07. The zero-order chi connectivity index (χ0) is 16.9. The van der Waals surface area contributed by atoms with Crippen LogP contribution >= 0.6 is 0 Å². The molecule has 2 heterocycles. The second-order valence-electron chi connectivity index (χ2n) is 6.93. The van der Waals surface area contributed by atoms with Gasteiger partial charge < -0.3 is 10.2 Å². The average Bonchev–Trinajstić information content (AvgIpc) is 2.98. The predicted octanol–water partition coefficient (Wildman–Crippen LogP) is 3.46. The lowest BCUT2D eigenvalue weighted by atomic mass is 9.75.